The number of methoxy groups -OCH3 is 1. The third kappa shape index (κ3) is 6.12. The van der Waals surface area contributed by atoms with Crippen molar-refractivity contribution < 1.29 is 37.3 Å². The maximum absolute atomic E-state index is 13.9. The molecular weight excluding hydrogens is 579 g/mol. The van der Waals surface area contributed by atoms with Crippen LogP contribution in [0.5, 0.6) is 11.5 Å². The molecule has 2 bridgehead atoms. The average molecular weight is 612 g/mol. The summed E-state index contributed by atoms with van der Waals surface area (Å²) in [6, 6.07) is 9.76. The van der Waals surface area contributed by atoms with Gasteiger partial charge < -0.3 is 30.5 Å². The van der Waals surface area contributed by atoms with Crippen LogP contribution in [0.3, 0.4) is 0 Å². The van der Waals surface area contributed by atoms with E-state index in [1.807, 2.05) is 6.08 Å². The van der Waals surface area contributed by atoms with Crippen LogP contribution in [-0.2, 0) is 11.0 Å². The lowest BCUT2D eigenvalue weighted by molar-refractivity contribution is -0.150. The molecule has 2 aliphatic carbocycles. The van der Waals surface area contributed by atoms with Gasteiger partial charge >= 0.3 is 12.1 Å². The summed E-state index contributed by atoms with van der Waals surface area (Å²) in [5.41, 5.74) is -0.698. The minimum absolute atomic E-state index is 0.0530. The second-order valence-corrected chi connectivity index (χ2v) is 10.9. The fourth-order valence-corrected chi connectivity index (χ4v) is 5.78. The maximum atomic E-state index is 13.9. The van der Waals surface area contributed by atoms with Crippen molar-refractivity contribution >= 4 is 35.0 Å². The Labute approximate surface area is 251 Å². The van der Waals surface area contributed by atoms with E-state index < -0.39 is 34.8 Å². The summed E-state index contributed by atoms with van der Waals surface area (Å²) in [5.74, 6) is -1.08. The van der Waals surface area contributed by atoms with Crippen LogP contribution in [0, 0.1) is 18.3 Å². The smallest absolute Gasteiger partial charge is 0.421 e. The van der Waals surface area contributed by atoms with E-state index in [9.17, 15) is 27.9 Å². The summed E-state index contributed by atoms with van der Waals surface area (Å²) in [7, 11) is 2.87. The van der Waals surface area contributed by atoms with Crippen LogP contribution in [0.2, 0.25) is 0 Å². The zero-order valence-electron chi connectivity index (χ0n) is 24.3. The number of amides is 1. The molecule has 1 fully saturated rings. The van der Waals surface area contributed by atoms with E-state index in [-0.39, 0.29) is 29.2 Å². The van der Waals surface area contributed by atoms with Gasteiger partial charge in [-0.05, 0) is 56.4 Å². The van der Waals surface area contributed by atoms with Crippen molar-refractivity contribution in [1.82, 2.24) is 15.3 Å². The third-order valence-electron chi connectivity index (χ3n) is 8.12. The number of nitrogens with one attached hydrogen (secondary N) is 3. The van der Waals surface area contributed by atoms with Crippen LogP contribution in [0.4, 0.5) is 36.3 Å². The summed E-state index contributed by atoms with van der Waals surface area (Å²) in [4.78, 5) is 32.3. The summed E-state index contributed by atoms with van der Waals surface area (Å²) in [6.45, 7) is 1.66. The molecule has 4 N–H and O–H groups in total. The summed E-state index contributed by atoms with van der Waals surface area (Å²) >= 11 is 0. The van der Waals surface area contributed by atoms with Crippen molar-refractivity contribution in [2.75, 3.05) is 24.8 Å². The number of hydrogen-bond acceptors (Lipinski definition) is 8. The van der Waals surface area contributed by atoms with Crippen LogP contribution >= 0.6 is 0 Å². The number of anilines is 4. The second-order valence-electron chi connectivity index (χ2n) is 10.9. The predicted octanol–water partition coefficient (Wildman–Crippen LogP) is 6.24. The fraction of sp³-hybridized carbons (Fsp3) is 0.355. The van der Waals surface area contributed by atoms with Gasteiger partial charge in [0.2, 0.25) is 5.95 Å². The van der Waals surface area contributed by atoms with Gasteiger partial charge in [-0.2, -0.15) is 18.2 Å². The fourth-order valence-electron chi connectivity index (χ4n) is 5.78. The number of aliphatic carboxylic acids is 1. The third-order valence-corrected chi connectivity index (χ3v) is 8.12. The molecule has 1 aromatic heterocycles. The number of carbonyl (C=O) groups excluding carboxylic acids is 1. The van der Waals surface area contributed by atoms with E-state index >= 15 is 0 Å². The molecule has 0 saturated heterocycles. The molecule has 44 heavy (non-hydrogen) atoms. The average Bonchev–Trinajstić information content (AvgIpc) is 2.99. The zero-order chi connectivity index (χ0) is 31.6. The van der Waals surface area contributed by atoms with Gasteiger partial charge in [-0.15, -0.1) is 0 Å². The number of allylic oxidation sites excluding steroid dienone is 1. The highest BCUT2D eigenvalue weighted by atomic mass is 19.4. The predicted molar refractivity (Wildman–Crippen MR) is 157 cm³/mol. The van der Waals surface area contributed by atoms with Crippen LogP contribution in [-0.4, -0.2) is 47.2 Å². The first-order valence-electron chi connectivity index (χ1n) is 14.0. The van der Waals surface area contributed by atoms with E-state index in [0.29, 0.717) is 48.2 Å². The molecule has 232 valence electrons. The van der Waals surface area contributed by atoms with Gasteiger partial charge in [-0.1, -0.05) is 24.3 Å². The molecule has 0 aliphatic heterocycles. The topological polar surface area (TPSA) is 135 Å². The van der Waals surface area contributed by atoms with E-state index in [4.69, 9.17) is 9.47 Å². The van der Waals surface area contributed by atoms with Gasteiger partial charge in [0.15, 0.2) is 0 Å². The normalized spacial score (nSPS) is 20.9. The Hall–Kier alpha value is -4.81. The van der Waals surface area contributed by atoms with Crippen molar-refractivity contribution in [3.05, 3.63) is 71.4 Å². The molecule has 1 saturated carbocycles. The Morgan fingerprint density at radius 3 is 2.66 bits per heavy atom. The molecule has 2 aromatic carbocycles. The summed E-state index contributed by atoms with van der Waals surface area (Å²) < 4.78 is 53.6. The summed E-state index contributed by atoms with van der Waals surface area (Å²) in [6.07, 6.45) is 1.73. The molecule has 13 heteroatoms. The largest absolute Gasteiger partial charge is 0.494 e. The van der Waals surface area contributed by atoms with Crippen LogP contribution in [0.1, 0.15) is 47.2 Å². The molecule has 1 amide bonds. The minimum Gasteiger partial charge on any atom is -0.494 e. The molecule has 3 atom stereocenters. The van der Waals surface area contributed by atoms with Crippen LogP contribution in [0.15, 0.2) is 54.7 Å². The first kappa shape index (κ1) is 30.6. The highest BCUT2D eigenvalue weighted by molar-refractivity contribution is 6.00. The van der Waals surface area contributed by atoms with E-state index in [1.165, 1.54) is 20.2 Å². The van der Waals surface area contributed by atoms with Crippen molar-refractivity contribution in [3.63, 3.8) is 0 Å². The molecule has 10 nitrogen and oxygen atoms in total. The standard InChI is InChI=1S/C31H32F3N5O5/c1-17-6-4-8-20(27(40)35-2)25(17)38-26-21(31(32,33)34)16-36-29(39-26)37-22-10-9-19(14-24(22)43-3)44-23-11-13-30(28(41)42)12-5-7-18(23)15-30/h4-6,8-10,12,14,16,18,23H,7,11,13,15H2,1-3H3,(H,35,40)(H,41,42)(H2,36,37,38,39). The number of benzene rings is 2. The van der Waals surface area contributed by atoms with Gasteiger partial charge in [0, 0.05) is 25.2 Å². The number of para-hydroxylation sites is 1. The number of ether oxygens (including phenoxy) is 2. The molecule has 0 radical (unpaired) electrons. The summed E-state index contributed by atoms with van der Waals surface area (Å²) in [5, 5.41) is 17.8. The van der Waals surface area contributed by atoms with Crippen molar-refractivity contribution in [3.8, 4) is 11.5 Å². The number of alkyl halides is 3. The van der Waals surface area contributed by atoms with Crippen LogP contribution in [0.25, 0.3) is 0 Å². The lowest BCUT2D eigenvalue weighted by Crippen LogP contribution is -2.44. The first-order valence-corrected chi connectivity index (χ1v) is 14.0. The Balaban J connectivity index is 1.39. The van der Waals surface area contributed by atoms with Gasteiger partial charge in [-0.25, -0.2) is 4.98 Å². The molecule has 0 spiro atoms. The molecule has 2 aliphatic rings. The number of nitrogens with zero attached hydrogens (tertiary/aromatic N) is 2. The highest BCUT2D eigenvalue weighted by Crippen LogP contribution is 2.47. The molecule has 3 unspecified atom stereocenters. The number of aryl methyl sites for hydroxylation is 1. The minimum atomic E-state index is -4.77. The van der Waals surface area contributed by atoms with Crippen molar-refractivity contribution in [1.29, 1.82) is 0 Å². The quantitative estimate of drug-likeness (QED) is 0.208. The van der Waals surface area contributed by atoms with Gasteiger partial charge in [0.25, 0.3) is 5.91 Å². The lowest BCUT2D eigenvalue weighted by atomic mass is 9.64. The number of hydrogen-bond donors (Lipinski definition) is 4. The van der Waals surface area contributed by atoms with Gasteiger partial charge in [-0.3, -0.25) is 9.59 Å². The number of carboxylic acid groups (broad SMARTS) is 1. The van der Waals surface area contributed by atoms with Crippen molar-refractivity contribution in [2.45, 2.75) is 44.9 Å². The Kier molecular flexibility index (Phi) is 8.40. The van der Waals surface area contributed by atoms with Gasteiger partial charge in [0.1, 0.15) is 29.0 Å². The number of aromatic nitrogens is 2. The Bertz CT molecular complexity index is 1610. The van der Waals surface area contributed by atoms with E-state index in [0.717, 1.165) is 6.42 Å². The van der Waals surface area contributed by atoms with E-state index in [2.05, 4.69) is 25.9 Å². The lowest BCUT2D eigenvalue weighted by Gasteiger charge is -2.42. The number of carboxylic acids is 1. The van der Waals surface area contributed by atoms with Gasteiger partial charge in [0.05, 0.1) is 29.5 Å². The van der Waals surface area contributed by atoms with Crippen LogP contribution < -0.4 is 25.4 Å². The first-order chi connectivity index (χ1) is 20.9. The number of halogens is 3. The Morgan fingerprint density at radius 1 is 1.16 bits per heavy atom. The highest BCUT2D eigenvalue weighted by Gasteiger charge is 2.47. The molecule has 3 aromatic rings. The molecule has 1 heterocycles. The van der Waals surface area contributed by atoms with Crippen molar-refractivity contribution in [2.24, 2.45) is 11.3 Å². The number of fused-ring (bicyclic) bond motifs is 2. The number of rotatable bonds is 9. The molecule has 5 rings (SSSR count). The zero-order valence-corrected chi connectivity index (χ0v) is 24.3. The SMILES string of the molecule is CNC(=O)c1cccc(C)c1Nc1nc(Nc2ccc(OC3CCC4(C(=O)O)C=CCC3C4)cc2OC)ncc1C(F)(F)F. The maximum Gasteiger partial charge on any atom is 0.421 e. The Morgan fingerprint density at radius 2 is 1.95 bits per heavy atom. The number of carbonyl (C=O) groups is 2. The van der Waals surface area contributed by atoms with E-state index in [1.54, 1.807) is 43.3 Å². The monoisotopic (exact) mass is 611 g/mol. The molecular formula is C31H32F3N5O5. The second kappa shape index (κ2) is 12.1.